The molecule has 1 saturated heterocycles. The van der Waals surface area contributed by atoms with Crippen LogP contribution in [0.2, 0.25) is 0 Å². The highest BCUT2D eigenvalue weighted by Gasteiger charge is 2.07. The Balaban J connectivity index is 2.08. The van der Waals surface area contributed by atoms with Crippen molar-refractivity contribution in [2.45, 2.75) is 0 Å². The maximum Gasteiger partial charge on any atom is 0.102 e. The van der Waals surface area contributed by atoms with Gasteiger partial charge in [-0.1, -0.05) is 0 Å². The van der Waals surface area contributed by atoms with Crippen LogP contribution in [0.5, 0.6) is 0 Å². The second-order valence-electron chi connectivity index (χ2n) is 2.15. The quantitative estimate of drug-likeness (QED) is 0.568. The molecule has 0 aromatic rings. The molecule has 9 heavy (non-hydrogen) atoms. The Labute approximate surface area is 55.0 Å². The second-order valence-corrected chi connectivity index (χ2v) is 2.15. The summed E-state index contributed by atoms with van der Waals surface area (Å²) < 4.78 is 11.7. The van der Waals surface area contributed by atoms with Gasteiger partial charge in [-0.2, -0.15) is 0 Å². The number of alkyl halides is 1. The van der Waals surface area contributed by atoms with E-state index in [0.29, 0.717) is 6.54 Å². The van der Waals surface area contributed by atoms with E-state index in [1.807, 2.05) is 6.54 Å². The molecule has 1 fully saturated rings. The molecular formula is C6H12FN2. The fourth-order valence-electron chi connectivity index (χ4n) is 0.932. The molecule has 1 heterocycles. The van der Waals surface area contributed by atoms with Gasteiger partial charge in [0, 0.05) is 32.7 Å². The van der Waals surface area contributed by atoms with Crippen LogP contribution < -0.4 is 5.32 Å². The van der Waals surface area contributed by atoms with Crippen molar-refractivity contribution in [3.05, 3.63) is 6.54 Å². The smallest absolute Gasteiger partial charge is 0.102 e. The van der Waals surface area contributed by atoms with E-state index in [2.05, 4.69) is 10.2 Å². The van der Waals surface area contributed by atoms with Crippen LogP contribution in [0.4, 0.5) is 4.39 Å². The first kappa shape index (κ1) is 6.96. The molecule has 0 bridgehead atoms. The predicted octanol–water partition coefficient (Wildman–Crippen LogP) is 0.0229. The molecule has 1 N–H and O–H groups in total. The van der Waals surface area contributed by atoms with Crippen molar-refractivity contribution in [2.24, 2.45) is 0 Å². The van der Waals surface area contributed by atoms with Crippen LogP contribution in [-0.2, 0) is 0 Å². The van der Waals surface area contributed by atoms with Gasteiger partial charge in [0.25, 0.3) is 0 Å². The number of hydrogen-bond donors (Lipinski definition) is 1. The van der Waals surface area contributed by atoms with Gasteiger partial charge in [0.05, 0.1) is 0 Å². The van der Waals surface area contributed by atoms with Gasteiger partial charge in [0.15, 0.2) is 0 Å². The third-order valence-electron chi connectivity index (χ3n) is 1.47. The van der Waals surface area contributed by atoms with Crippen molar-refractivity contribution in [3.63, 3.8) is 0 Å². The lowest BCUT2D eigenvalue weighted by Crippen LogP contribution is -2.41. The summed E-state index contributed by atoms with van der Waals surface area (Å²) in [4.78, 5) is 2.08. The Morgan fingerprint density at radius 2 is 2.56 bits per heavy atom. The van der Waals surface area contributed by atoms with E-state index in [0.717, 1.165) is 19.6 Å². The summed E-state index contributed by atoms with van der Waals surface area (Å²) in [5.74, 6) is 0. The van der Waals surface area contributed by atoms with Crippen LogP contribution in [0.3, 0.4) is 0 Å². The molecule has 0 spiro atoms. The van der Waals surface area contributed by atoms with E-state index < -0.39 is 0 Å². The summed E-state index contributed by atoms with van der Waals surface area (Å²) in [6.07, 6.45) is 0. The lowest BCUT2D eigenvalue weighted by molar-refractivity contribution is 0.240. The summed E-state index contributed by atoms with van der Waals surface area (Å²) in [6.45, 7) is 5.13. The van der Waals surface area contributed by atoms with Gasteiger partial charge in [-0.3, -0.25) is 4.90 Å². The maximum absolute atomic E-state index is 11.7. The van der Waals surface area contributed by atoms with Crippen molar-refractivity contribution in [3.8, 4) is 0 Å². The average molecular weight is 131 g/mol. The fourth-order valence-corrected chi connectivity index (χ4v) is 0.932. The van der Waals surface area contributed by atoms with E-state index in [1.54, 1.807) is 0 Å². The highest BCUT2D eigenvalue weighted by molar-refractivity contribution is 4.75. The molecule has 1 aliphatic heterocycles. The van der Waals surface area contributed by atoms with Crippen LogP contribution >= 0.6 is 0 Å². The molecule has 0 unspecified atom stereocenters. The summed E-state index contributed by atoms with van der Waals surface area (Å²) in [5, 5.41) is 3.08. The molecule has 2 nitrogen and oxygen atoms in total. The van der Waals surface area contributed by atoms with Crippen LogP contribution in [0.15, 0.2) is 0 Å². The third-order valence-corrected chi connectivity index (χ3v) is 1.47. The van der Waals surface area contributed by atoms with Gasteiger partial charge < -0.3 is 5.32 Å². The topological polar surface area (TPSA) is 15.3 Å². The fraction of sp³-hybridized carbons (Fsp3) is 0.833. The molecule has 3 heteroatoms. The van der Waals surface area contributed by atoms with E-state index in [9.17, 15) is 4.39 Å². The molecule has 0 aliphatic carbocycles. The highest BCUT2D eigenvalue weighted by Crippen LogP contribution is 1.93. The molecule has 53 valence electrons. The molecule has 1 aliphatic rings. The van der Waals surface area contributed by atoms with Gasteiger partial charge in [-0.05, 0) is 0 Å². The number of nitrogens with zero attached hydrogens (tertiary/aromatic N) is 1. The van der Waals surface area contributed by atoms with E-state index in [1.165, 1.54) is 0 Å². The monoisotopic (exact) mass is 131 g/mol. The second kappa shape index (κ2) is 3.80. The minimum atomic E-state index is -0.228. The normalized spacial score (nSPS) is 22.3. The summed E-state index contributed by atoms with van der Waals surface area (Å²) in [6, 6.07) is 0. The van der Waals surface area contributed by atoms with Gasteiger partial charge in [-0.15, -0.1) is 0 Å². The summed E-state index contributed by atoms with van der Waals surface area (Å²) in [7, 11) is 0. The van der Waals surface area contributed by atoms with E-state index in [4.69, 9.17) is 0 Å². The van der Waals surface area contributed by atoms with Crippen molar-refractivity contribution in [1.82, 2.24) is 10.2 Å². The zero-order chi connectivity index (χ0) is 6.53. The number of hydrogen-bond acceptors (Lipinski definition) is 2. The van der Waals surface area contributed by atoms with Crippen LogP contribution in [0.25, 0.3) is 0 Å². The molecule has 0 amide bonds. The standard InChI is InChI=1S/C6H12FN2/c7-1-4-9-5-2-8-3-6-9/h2,8H,1,3-6H2. The molecule has 1 rings (SSSR count). The minimum Gasteiger partial charge on any atom is -0.310 e. The van der Waals surface area contributed by atoms with Crippen molar-refractivity contribution in [2.75, 3.05) is 32.9 Å². The Morgan fingerprint density at radius 3 is 3.11 bits per heavy atom. The zero-order valence-electron chi connectivity index (χ0n) is 5.44. The van der Waals surface area contributed by atoms with Gasteiger partial charge >= 0.3 is 0 Å². The molecule has 0 saturated carbocycles. The van der Waals surface area contributed by atoms with E-state index >= 15 is 0 Å². The molecule has 0 aromatic carbocycles. The number of nitrogens with one attached hydrogen (secondary N) is 1. The first-order valence-corrected chi connectivity index (χ1v) is 3.27. The molecule has 0 aromatic heterocycles. The van der Waals surface area contributed by atoms with Crippen molar-refractivity contribution < 1.29 is 4.39 Å². The lowest BCUT2D eigenvalue weighted by Gasteiger charge is -2.25. The Hall–Kier alpha value is -0.150. The van der Waals surface area contributed by atoms with Crippen LogP contribution in [0.1, 0.15) is 0 Å². The van der Waals surface area contributed by atoms with Crippen LogP contribution in [-0.4, -0.2) is 37.8 Å². The zero-order valence-corrected chi connectivity index (χ0v) is 5.44. The summed E-state index contributed by atoms with van der Waals surface area (Å²) in [5.41, 5.74) is 0. The van der Waals surface area contributed by atoms with Crippen molar-refractivity contribution >= 4 is 0 Å². The Bertz CT molecular complexity index is 68.7. The Kier molecular flexibility index (Phi) is 2.94. The SMILES string of the molecule is FCCN1C[CH]NCC1. The number of piperazine rings is 1. The van der Waals surface area contributed by atoms with Crippen LogP contribution in [0, 0.1) is 6.54 Å². The van der Waals surface area contributed by atoms with Gasteiger partial charge in [0.1, 0.15) is 6.67 Å². The molecular weight excluding hydrogens is 119 g/mol. The first-order chi connectivity index (χ1) is 4.43. The average Bonchev–Trinajstić information content (AvgIpc) is 1.91. The van der Waals surface area contributed by atoms with Gasteiger partial charge in [-0.25, -0.2) is 4.39 Å². The lowest BCUT2D eigenvalue weighted by atomic mass is 10.4. The Morgan fingerprint density at radius 1 is 1.67 bits per heavy atom. The predicted molar refractivity (Wildman–Crippen MR) is 34.7 cm³/mol. The summed E-state index contributed by atoms with van der Waals surface area (Å²) >= 11 is 0. The van der Waals surface area contributed by atoms with Crippen molar-refractivity contribution in [1.29, 1.82) is 0 Å². The van der Waals surface area contributed by atoms with E-state index in [-0.39, 0.29) is 6.67 Å². The maximum atomic E-state index is 11.7. The number of halogens is 1. The minimum absolute atomic E-state index is 0.228. The first-order valence-electron chi connectivity index (χ1n) is 3.27. The largest absolute Gasteiger partial charge is 0.310 e. The number of rotatable bonds is 2. The third kappa shape index (κ3) is 2.28. The highest BCUT2D eigenvalue weighted by atomic mass is 19.1. The molecule has 1 radical (unpaired) electrons. The van der Waals surface area contributed by atoms with Gasteiger partial charge in [0.2, 0.25) is 0 Å². The molecule has 0 atom stereocenters.